The number of aryl methyl sites for hydroxylation is 1. The van der Waals surface area contributed by atoms with E-state index in [1.54, 1.807) is 6.20 Å². The highest BCUT2D eigenvalue weighted by atomic mass is 16.5. The highest BCUT2D eigenvalue weighted by molar-refractivity contribution is 5.92. The van der Waals surface area contributed by atoms with Crippen LogP contribution in [0.15, 0.2) is 12.3 Å². The van der Waals surface area contributed by atoms with Crippen molar-refractivity contribution >= 4 is 5.91 Å². The maximum Gasteiger partial charge on any atom is 0.272 e. The fourth-order valence-corrected chi connectivity index (χ4v) is 2.49. The van der Waals surface area contributed by atoms with Gasteiger partial charge in [0.1, 0.15) is 11.4 Å². The lowest BCUT2D eigenvalue weighted by atomic mass is 9.91. The highest BCUT2D eigenvalue weighted by Crippen LogP contribution is 2.27. The summed E-state index contributed by atoms with van der Waals surface area (Å²) < 4.78 is 5.51. The Morgan fingerprint density at radius 1 is 1.44 bits per heavy atom. The highest BCUT2D eigenvalue weighted by Gasteiger charge is 2.27. The van der Waals surface area contributed by atoms with Crippen LogP contribution < -0.4 is 4.74 Å². The topological polar surface area (TPSA) is 42.4 Å². The number of rotatable bonds is 2. The summed E-state index contributed by atoms with van der Waals surface area (Å²) >= 11 is 0. The molecule has 1 amide bonds. The monoisotopic (exact) mass is 246 g/mol. The molecule has 0 spiro atoms. The van der Waals surface area contributed by atoms with Crippen LogP contribution >= 0.6 is 0 Å². The number of aromatic nitrogens is 1. The minimum absolute atomic E-state index is 0.0353. The average Bonchev–Trinajstić information content (AvgIpc) is 2.35. The van der Waals surface area contributed by atoms with Crippen molar-refractivity contribution in [2.45, 2.75) is 38.1 Å². The summed E-state index contributed by atoms with van der Waals surface area (Å²) in [7, 11) is 1.88. The van der Waals surface area contributed by atoms with E-state index in [2.05, 4.69) is 4.98 Å². The third-order valence-electron chi connectivity index (χ3n) is 3.96. The second-order valence-corrected chi connectivity index (χ2v) is 5.13. The van der Waals surface area contributed by atoms with Gasteiger partial charge in [-0.2, -0.15) is 0 Å². The molecule has 0 radical (unpaired) electrons. The Bertz CT molecular complexity index is 469. The zero-order chi connectivity index (χ0) is 12.5. The van der Waals surface area contributed by atoms with Crippen molar-refractivity contribution in [1.29, 1.82) is 0 Å². The fourth-order valence-electron chi connectivity index (χ4n) is 2.49. The molecule has 4 nitrogen and oxygen atoms in total. The Hall–Kier alpha value is -1.58. The first-order valence-electron chi connectivity index (χ1n) is 6.64. The van der Waals surface area contributed by atoms with Gasteiger partial charge in [-0.15, -0.1) is 0 Å². The number of pyridine rings is 1. The van der Waals surface area contributed by atoms with E-state index in [-0.39, 0.29) is 5.91 Å². The molecule has 0 aromatic carbocycles. The van der Waals surface area contributed by atoms with E-state index in [0.29, 0.717) is 11.7 Å². The van der Waals surface area contributed by atoms with E-state index >= 15 is 0 Å². The average molecular weight is 246 g/mol. The lowest BCUT2D eigenvalue weighted by Crippen LogP contribution is -2.41. The molecule has 2 aliphatic rings. The van der Waals surface area contributed by atoms with Crippen molar-refractivity contribution in [3.05, 3.63) is 23.5 Å². The lowest BCUT2D eigenvalue weighted by molar-refractivity contribution is 0.0645. The van der Waals surface area contributed by atoms with E-state index in [9.17, 15) is 4.79 Å². The van der Waals surface area contributed by atoms with Crippen molar-refractivity contribution in [2.24, 2.45) is 0 Å². The van der Waals surface area contributed by atoms with Crippen molar-refractivity contribution < 1.29 is 9.53 Å². The molecule has 18 heavy (non-hydrogen) atoms. The van der Waals surface area contributed by atoms with E-state index in [1.807, 2.05) is 18.0 Å². The summed E-state index contributed by atoms with van der Waals surface area (Å²) in [5, 5.41) is 0. The predicted octanol–water partition coefficient (Wildman–Crippen LogP) is 2.03. The molecular weight excluding hydrogens is 228 g/mol. The van der Waals surface area contributed by atoms with Crippen LogP contribution in [0, 0.1) is 0 Å². The molecule has 1 aromatic rings. The summed E-state index contributed by atoms with van der Waals surface area (Å²) in [6.45, 7) is 0.754. The summed E-state index contributed by atoms with van der Waals surface area (Å²) in [4.78, 5) is 18.4. The largest absolute Gasteiger partial charge is 0.492 e. The molecule has 2 heterocycles. The molecular formula is C14H18N2O2. The summed E-state index contributed by atoms with van der Waals surface area (Å²) in [6.07, 6.45) is 7.16. The molecule has 0 unspecified atom stereocenters. The molecule has 0 N–H and O–H groups in total. The van der Waals surface area contributed by atoms with Gasteiger partial charge in [-0.25, -0.2) is 4.98 Å². The maximum atomic E-state index is 12.3. The van der Waals surface area contributed by atoms with Crippen LogP contribution in [0.25, 0.3) is 0 Å². The van der Waals surface area contributed by atoms with Gasteiger partial charge < -0.3 is 9.64 Å². The maximum absolute atomic E-state index is 12.3. The second kappa shape index (κ2) is 4.59. The Balaban J connectivity index is 1.80. The molecule has 0 atom stereocenters. The first kappa shape index (κ1) is 11.5. The molecule has 1 aliphatic heterocycles. The van der Waals surface area contributed by atoms with Crippen LogP contribution in [0.2, 0.25) is 0 Å². The van der Waals surface area contributed by atoms with Crippen molar-refractivity contribution in [3.63, 3.8) is 0 Å². The number of carbonyl (C=O) groups is 1. The number of fused-ring (bicyclic) bond motifs is 1. The van der Waals surface area contributed by atoms with Gasteiger partial charge in [0, 0.05) is 13.1 Å². The number of carbonyl (C=O) groups excluding carboxylic acids is 1. The minimum Gasteiger partial charge on any atom is -0.492 e. The van der Waals surface area contributed by atoms with Crippen LogP contribution in [-0.4, -0.2) is 35.5 Å². The zero-order valence-electron chi connectivity index (χ0n) is 10.7. The molecule has 4 heteroatoms. The third-order valence-corrected chi connectivity index (χ3v) is 3.96. The number of hydrogen-bond acceptors (Lipinski definition) is 3. The summed E-state index contributed by atoms with van der Waals surface area (Å²) in [5.41, 5.74) is 1.66. The van der Waals surface area contributed by atoms with Crippen LogP contribution in [0.1, 0.15) is 41.7 Å². The molecule has 0 saturated heterocycles. The molecule has 1 saturated carbocycles. The van der Waals surface area contributed by atoms with Crippen LogP contribution in [0.3, 0.4) is 0 Å². The standard InChI is InChI=1S/C14H18N2O2/c1-16(11-5-2-6-11)14(17)12-8-10-4-3-7-18-13(10)9-15-12/h8-9,11H,2-7H2,1H3. The Labute approximate surface area is 107 Å². The lowest BCUT2D eigenvalue weighted by Gasteiger charge is -2.34. The molecule has 0 bridgehead atoms. The molecule has 1 aromatic heterocycles. The molecule has 1 aliphatic carbocycles. The Morgan fingerprint density at radius 2 is 2.28 bits per heavy atom. The van der Waals surface area contributed by atoms with Gasteiger partial charge in [-0.1, -0.05) is 0 Å². The fraction of sp³-hybridized carbons (Fsp3) is 0.571. The van der Waals surface area contributed by atoms with E-state index in [0.717, 1.165) is 43.6 Å². The number of nitrogens with zero attached hydrogens (tertiary/aromatic N) is 2. The van der Waals surface area contributed by atoms with Gasteiger partial charge in [0.15, 0.2) is 0 Å². The van der Waals surface area contributed by atoms with Crippen molar-refractivity contribution in [2.75, 3.05) is 13.7 Å². The smallest absolute Gasteiger partial charge is 0.272 e. The van der Waals surface area contributed by atoms with Gasteiger partial charge in [0.05, 0.1) is 12.8 Å². The van der Waals surface area contributed by atoms with Crippen LogP contribution in [-0.2, 0) is 6.42 Å². The third kappa shape index (κ3) is 1.96. The number of ether oxygens (including phenoxy) is 1. The van der Waals surface area contributed by atoms with E-state index in [1.165, 1.54) is 6.42 Å². The first-order chi connectivity index (χ1) is 8.75. The second-order valence-electron chi connectivity index (χ2n) is 5.13. The molecule has 1 fully saturated rings. The Morgan fingerprint density at radius 3 is 3.00 bits per heavy atom. The number of amides is 1. The van der Waals surface area contributed by atoms with Gasteiger partial charge in [-0.3, -0.25) is 4.79 Å². The first-order valence-corrected chi connectivity index (χ1v) is 6.64. The minimum atomic E-state index is 0.0353. The van der Waals surface area contributed by atoms with Crippen LogP contribution in [0.5, 0.6) is 5.75 Å². The van der Waals surface area contributed by atoms with E-state index in [4.69, 9.17) is 4.74 Å². The predicted molar refractivity (Wildman–Crippen MR) is 67.8 cm³/mol. The summed E-state index contributed by atoms with van der Waals surface area (Å²) in [6, 6.07) is 2.30. The summed E-state index contributed by atoms with van der Waals surface area (Å²) in [5.74, 6) is 0.872. The SMILES string of the molecule is CN(C(=O)c1cc2c(cn1)OCCC2)C1CCC1. The van der Waals surface area contributed by atoms with Gasteiger partial charge in [0.25, 0.3) is 5.91 Å². The van der Waals surface area contributed by atoms with Crippen molar-refractivity contribution in [3.8, 4) is 5.75 Å². The van der Waals surface area contributed by atoms with Crippen LogP contribution in [0.4, 0.5) is 0 Å². The molecule has 3 rings (SSSR count). The quantitative estimate of drug-likeness (QED) is 0.802. The number of hydrogen-bond donors (Lipinski definition) is 0. The van der Waals surface area contributed by atoms with Crippen molar-refractivity contribution in [1.82, 2.24) is 9.88 Å². The van der Waals surface area contributed by atoms with Gasteiger partial charge in [0.2, 0.25) is 0 Å². The van der Waals surface area contributed by atoms with Gasteiger partial charge in [-0.05, 0) is 43.7 Å². The van der Waals surface area contributed by atoms with Gasteiger partial charge >= 0.3 is 0 Å². The zero-order valence-corrected chi connectivity index (χ0v) is 10.7. The normalized spacial score (nSPS) is 18.5. The Kier molecular flexibility index (Phi) is 2.94. The molecule has 96 valence electrons. The van der Waals surface area contributed by atoms with E-state index < -0.39 is 0 Å².